The standard InChI is InChI=1S/C13H18N4/c1-11(7-14)15-8-12-9-16-17(10-12)13-5-3-2-4-6-13/h2-6,9-11,15H,7-8,14H2,1H3. The van der Waals surface area contributed by atoms with E-state index in [1.54, 1.807) is 0 Å². The molecule has 0 saturated carbocycles. The van der Waals surface area contributed by atoms with Crippen molar-refractivity contribution in [2.45, 2.75) is 19.5 Å². The molecule has 0 fully saturated rings. The number of nitrogens with one attached hydrogen (secondary N) is 1. The highest BCUT2D eigenvalue weighted by atomic mass is 15.3. The van der Waals surface area contributed by atoms with Gasteiger partial charge in [-0.05, 0) is 19.1 Å². The molecule has 3 N–H and O–H groups in total. The number of hydrogen-bond donors (Lipinski definition) is 2. The first-order valence-electron chi connectivity index (χ1n) is 5.82. The molecule has 0 aliphatic heterocycles. The molecule has 0 spiro atoms. The van der Waals surface area contributed by atoms with Gasteiger partial charge in [-0.2, -0.15) is 5.10 Å². The molecule has 2 aromatic rings. The van der Waals surface area contributed by atoms with Crippen LogP contribution in [0.3, 0.4) is 0 Å². The number of nitrogens with zero attached hydrogens (tertiary/aromatic N) is 2. The van der Waals surface area contributed by atoms with Crippen molar-refractivity contribution < 1.29 is 0 Å². The molecule has 0 amide bonds. The van der Waals surface area contributed by atoms with Crippen LogP contribution in [-0.4, -0.2) is 22.4 Å². The highest BCUT2D eigenvalue weighted by molar-refractivity contribution is 5.30. The molecule has 1 unspecified atom stereocenters. The van der Waals surface area contributed by atoms with Crippen molar-refractivity contribution in [3.8, 4) is 5.69 Å². The Labute approximate surface area is 101 Å². The topological polar surface area (TPSA) is 55.9 Å². The van der Waals surface area contributed by atoms with Crippen LogP contribution in [0.15, 0.2) is 42.7 Å². The summed E-state index contributed by atoms with van der Waals surface area (Å²) < 4.78 is 1.88. The predicted molar refractivity (Wildman–Crippen MR) is 68.9 cm³/mol. The van der Waals surface area contributed by atoms with Crippen LogP contribution in [0.5, 0.6) is 0 Å². The van der Waals surface area contributed by atoms with Crippen molar-refractivity contribution in [3.63, 3.8) is 0 Å². The van der Waals surface area contributed by atoms with E-state index >= 15 is 0 Å². The molecule has 17 heavy (non-hydrogen) atoms. The van der Waals surface area contributed by atoms with E-state index in [4.69, 9.17) is 5.73 Å². The molecular formula is C13H18N4. The summed E-state index contributed by atoms with van der Waals surface area (Å²) in [6, 6.07) is 10.4. The van der Waals surface area contributed by atoms with Gasteiger partial charge >= 0.3 is 0 Å². The molecule has 0 bridgehead atoms. The van der Waals surface area contributed by atoms with Crippen molar-refractivity contribution >= 4 is 0 Å². The zero-order chi connectivity index (χ0) is 12.1. The summed E-state index contributed by atoms with van der Waals surface area (Å²) in [6.07, 6.45) is 3.91. The van der Waals surface area contributed by atoms with E-state index in [1.165, 1.54) is 0 Å². The van der Waals surface area contributed by atoms with Gasteiger partial charge in [-0.25, -0.2) is 4.68 Å². The Morgan fingerprint density at radius 3 is 2.82 bits per heavy atom. The third-order valence-corrected chi connectivity index (χ3v) is 2.67. The van der Waals surface area contributed by atoms with Crippen molar-refractivity contribution in [1.29, 1.82) is 0 Å². The van der Waals surface area contributed by atoms with Crippen LogP contribution in [0.25, 0.3) is 5.69 Å². The third-order valence-electron chi connectivity index (χ3n) is 2.67. The molecule has 2 rings (SSSR count). The Balaban J connectivity index is 2.01. The second-order valence-electron chi connectivity index (χ2n) is 4.15. The minimum Gasteiger partial charge on any atom is -0.329 e. The van der Waals surface area contributed by atoms with E-state index in [0.717, 1.165) is 17.8 Å². The zero-order valence-corrected chi connectivity index (χ0v) is 10.0. The highest BCUT2D eigenvalue weighted by Crippen LogP contribution is 2.07. The Hall–Kier alpha value is -1.65. The van der Waals surface area contributed by atoms with E-state index in [0.29, 0.717) is 12.6 Å². The first-order chi connectivity index (χ1) is 8.29. The van der Waals surface area contributed by atoms with Gasteiger partial charge in [0.1, 0.15) is 0 Å². The lowest BCUT2D eigenvalue weighted by Crippen LogP contribution is -2.32. The first kappa shape index (κ1) is 11.8. The van der Waals surface area contributed by atoms with E-state index in [-0.39, 0.29) is 0 Å². The molecule has 1 atom stereocenters. The van der Waals surface area contributed by atoms with Crippen molar-refractivity contribution in [3.05, 3.63) is 48.3 Å². The van der Waals surface area contributed by atoms with Gasteiger partial charge in [0.25, 0.3) is 0 Å². The van der Waals surface area contributed by atoms with Crippen LogP contribution in [0.4, 0.5) is 0 Å². The fraction of sp³-hybridized carbons (Fsp3) is 0.308. The average Bonchev–Trinajstić information content (AvgIpc) is 2.86. The first-order valence-corrected chi connectivity index (χ1v) is 5.82. The van der Waals surface area contributed by atoms with E-state index in [2.05, 4.69) is 17.3 Å². The van der Waals surface area contributed by atoms with Crippen molar-refractivity contribution in [2.24, 2.45) is 5.73 Å². The summed E-state index contributed by atoms with van der Waals surface area (Å²) in [4.78, 5) is 0. The number of para-hydroxylation sites is 1. The Morgan fingerprint density at radius 2 is 2.12 bits per heavy atom. The monoisotopic (exact) mass is 230 g/mol. The Bertz CT molecular complexity index is 449. The van der Waals surface area contributed by atoms with Gasteiger partial charge in [-0.3, -0.25) is 0 Å². The summed E-state index contributed by atoms with van der Waals surface area (Å²) >= 11 is 0. The van der Waals surface area contributed by atoms with Crippen LogP contribution in [-0.2, 0) is 6.54 Å². The molecule has 1 aromatic carbocycles. The minimum absolute atomic E-state index is 0.329. The normalized spacial score (nSPS) is 12.6. The van der Waals surface area contributed by atoms with Gasteiger partial charge < -0.3 is 11.1 Å². The van der Waals surface area contributed by atoms with Crippen LogP contribution in [0.1, 0.15) is 12.5 Å². The summed E-state index contributed by atoms with van der Waals surface area (Å²) in [5.74, 6) is 0. The van der Waals surface area contributed by atoms with Crippen molar-refractivity contribution in [1.82, 2.24) is 15.1 Å². The number of hydrogen-bond acceptors (Lipinski definition) is 3. The minimum atomic E-state index is 0.329. The highest BCUT2D eigenvalue weighted by Gasteiger charge is 2.02. The molecular weight excluding hydrogens is 212 g/mol. The Kier molecular flexibility index (Phi) is 3.90. The van der Waals surface area contributed by atoms with Crippen LogP contribution < -0.4 is 11.1 Å². The summed E-state index contributed by atoms with van der Waals surface area (Å²) in [7, 11) is 0. The second kappa shape index (κ2) is 5.61. The molecule has 1 aromatic heterocycles. The maximum Gasteiger partial charge on any atom is 0.0645 e. The van der Waals surface area contributed by atoms with Gasteiger partial charge in [0.15, 0.2) is 0 Å². The lowest BCUT2D eigenvalue weighted by molar-refractivity contribution is 0.556. The van der Waals surface area contributed by atoms with Crippen LogP contribution in [0.2, 0.25) is 0 Å². The molecule has 0 saturated heterocycles. The summed E-state index contributed by atoms with van der Waals surface area (Å²) in [5, 5.41) is 7.67. The lowest BCUT2D eigenvalue weighted by atomic mass is 10.3. The van der Waals surface area contributed by atoms with Crippen LogP contribution in [0, 0.1) is 0 Å². The van der Waals surface area contributed by atoms with Gasteiger partial charge in [0.2, 0.25) is 0 Å². The molecule has 90 valence electrons. The fourth-order valence-electron chi connectivity index (χ4n) is 1.55. The average molecular weight is 230 g/mol. The lowest BCUT2D eigenvalue weighted by Gasteiger charge is -2.09. The quantitative estimate of drug-likeness (QED) is 0.814. The molecule has 4 heteroatoms. The number of aromatic nitrogens is 2. The summed E-state index contributed by atoms with van der Waals surface area (Å²) in [5.41, 5.74) is 7.79. The van der Waals surface area contributed by atoms with Gasteiger partial charge in [-0.1, -0.05) is 18.2 Å². The predicted octanol–water partition coefficient (Wildman–Crippen LogP) is 1.31. The third kappa shape index (κ3) is 3.15. The Morgan fingerprint density at radius 1 is 1.35 bits per heavy atom. The van der Waals surface area contributed by atoms with Crippen molar-refractivity contribution in [2.75, 3.05) is 6.54 Å². The summed E-state index contributed by atoms with van der Waals surface area (Å²) in [6.45, 7) is 3.51. The zero-order valence-electron chi connectivity index (χ0n) is 10.0. The largest absolute Gasteiger partial charge is 0.329 e. The SMILES string of the molecule is CC(CN)NCc1cnn(-c2ccccc2)c1. The maximum atomic E-state index is 5.55. The molecule has 0 radical (unpaired) electrons. The van der Waals surface area contributed by atoms with E-state index < -0.39 is 0 Å². The molecule has 1 heterocycles. The fourth-order valence-corrected chi connectivity index (χ4v) is 1.55. The molecule has 0 aliphatic carbocycles. The van der Waals surface area contributed by atoms with Crippen LogP contribution >= 0.6 is 0 Å². The van der Waals surface area contributed by atoms with E-state index in [9.17, 15) is 0 Å². The van der Waals surface area contributed by atoms with Gasteiger partial charge in [0, 0.05) is 30.9 Å². The van der Waals surface area contributed by atoms with E-state index in [1.807, 2.05) is 47.4 Å². The number of nitrogens with two attached hydrogens (primary N) is 1. The smallest absolute Gasteiger partial charge is 0.0645 e. The number of benzene rings is 1. The van der Waals surface area contributed by atoms with Gasteiger partial charge in [0.05, 0.1) is 11.9 Å². The maximum absolute atomic E-state index is 5.55. The molecule has 4 nitrogen and oxygen atoms in total. The number of rotatable bonds is 5. The second-order valence-corrected chi connectivity index (χ2v) is 4.15. The van der Waals surface area contributed by atoms with Gasteiger partial charge in [-0.15, -0.1) is 0 Å². The molecule has 0 aliphatic rings.